The number of ether oxygens (including phenoxy) is 1. The first-order valence-corrected chi connectivity index (χ1v) is 12.7. The van der Waals surface area contributed by atoms with Gasteiger partial charge in [-0.25, -0.2) is 8.42 Å². The summed E-state index contributed by atoms with van der Waals surface area (Å²) in [7, 11) is -3.04. The number of nitrogens with two attached hydrogens (primary N) is 1. The van der Waals surface area contributed by atoms with E-state index < -0.39 is 43.0 Å². The van der Waals surface area contributed by atoms with Gasteiger partial charge >= 0.3 is 5.69 Å². The summed E-state index contributed by atoms with van der Waals surface area (Å²) in [5.41, 5.74) is 2.49. The summed E-state index contributed by atoms with van der Waals surface area (Å²) in [4.78, 5) is 35.8. The van der Waals surface area contributed by atoms with Crippen LogP contribution in [0.1, 0.15) is 52.4 Å². The molecule has 0 aromatic heterocycles. The van der Waals surface area contributed by atoms with Gasteiger partial charge in [0.1, 0.15) is 5.54 Å². The number of sulfonamides is 1. The number of carbonyl (C=O) groups is 2. The average Bonchev–Trinajstić information content (AvgIpc) is 2.71. The van der Waals surface area contributed by atoms with Crippen molar-refractivity contribution < 1.29 is 27.7 Å². The van der Waals surface area contributed by atoms with Crippen molar-refractivity contribution in [2.45, 2.75) is 68.3 Å². The smallest absolute Gasteiger partial charge is 0.312 e. The summed E-state index contributed by atoms with van der Waals surface area (Å²) in [5, 5.41) is 14.4. The van der Waals surface area contributed by atoms with Crippen molar-refractivity contribution in [1.29, 1.82) is 0 Å². The van der Waals surface area contributed by atoms with Crippen LogP contribution in [0.3, 0.4) is 0 Å². The lowest BCUT2D eigenvalue weighted by molar-refractivity contribution is -0.386. The number of carbonyl (C=O) groups excluding carboxylic acids is 2. The van der Waals surface area contributed by atoms with Gasteiger partial charge in [-0.05, 0) is 76.3 Å². The summed E-state index contributed by atoms with van der Waals surface area (Å²) < 4.78 is 33.3. The van der Waals surface area contributed by atoms with E-state index in [0.29, 0.717) is 18.3 Å². The molecule has 4 aliphatic carbocycles. The van der Waals surface area contributed by atoms with Gasteiger partial charge in [-0.2, -0.15) is 4.72 Å². The second kappa shape index (κ2) is 7.91. The van der Waals surface area contributed by atoms with E-state index in [4.69, 9.17) is 10.5 Å². The Kier molecular flexibility index (Phi) is 5.67. The molecular weight excluding hydrogens is 464 g/mol. The van der Waals surface area contributed by atoms with Crippen LogP contribution in [-0.2, 0) is 19.6 Å². The van der Waals surface area contributed by atoms with Crippen molar-refractivity contribution in [2.75, 3.05) is 7.11 Å². The van der Waals surface area contributed by atoms with Crippen LogP contribution in [-0.4, -0.2) is 43.3 Å². The number of nitrogens with zero attached hydrogens (tertiary/aromatic N) is 1. The van der Waals surface area contributed by atoms with Crippen molar-refractivity contribution in [3.05, 3.63) is 28.3 Å². The van der Waals surface area contributed by atoms with E-state index in [1.807, 2.05) is 0 Å². The number of hydrogen-bond donors (Lipinski definition) is 3. The Balaban J connectivity index is 1.55. The van der Waals surface area contributed by atoms with Gasteiger partial charge < -0.3 is 15.8 Å². The van der Waals surface area contributed by atoms with Crippen molar-refractivity contribution in [2.24, 2.45) is 23.0 Å². The van der Waals surface area contributed by atoms with Gasteiger partial charge in [0, 0.05) is 11.6 Å². The number of hydrogen-bond acceptors (Lipinski definition) is 7. The predicted molar refractivity (Wildman–Crippen MR) is 121 cm³/mol. The van der Waals surface area contributed by atoms with E-state index in [-0.39, 0.29) is 16.6 Å². The molecule has 34 heavy (non-hydrogen) atoms. The Morgan fingerprint density at radius 1 is 1.21 bits per heavy atom. The lowest BCUT2D eigenvalue weighted by Gasteiger charge is -2.61. The summed E-state index contributed by atoms with van der Waals surface area (Å²) in [6.45, 7) is 2.87. The molecule has 0 radical (unpaired) electrons. The standard InChI is InChI=1S/C22H30N4O7S/c1-20(2,25-34(31,32)15-4-5-17(33-3)16(7-15)26(29)30)19(28)24-22-10-13-6-14(11-22)9-21(8-13,12-22)18(23)27/h4-5,7,13-14,25H,6,8-12H2,1-3H3,(H2,23,27)(H,24,28). The molecule has 4 bridgehead atoms. The van der Waals surface area contributed by atoms with E-state index in [1.54, 1.807) is 0 Å². The van der Waals surface area contributed by atoms with Gasteiger partial charge in [0.15, 0.2) is 5.75 Å². The third kappa shape index (κ3) is 4.13. The first-order chi connectivity index (χ1) is 15.7. The van der Waals surface area contributed by atoms with E-state index >= 15 is 0 Å². The molecule has 11 nitrogen and oxygen atoms in total. The number of benzene rings is 1. The summed E-state index contributed by atoms with van der Waals surface area (Å²) in [6.07, 6.45) is 4.42. The van der Waals surface area contributed by atoms with E-state index in [0.717, 1.165) is 38.2 Å². The van der Waals surface area contributed by atoms with Crippen LogP contribution in [0, 0.1) is 27.4 Å². The minimum atomic E-state index is -4.28. The van der Waals surface area contributed by atoms with Crippen LogP contribution in [0.15, 0.2) is 23.1 Å². The number of rotatable bonds is 8. The van der Waals surface area contributed by atoms with E-state index in [1.165, 1.54) is 33.1 Å². The molecule has 186 valence electrons. The maximum Gasteiger partial charge on any atom is 0.312 e. The highest BCUT2D eigenvalue weighted by Gasteiger charge is 2.61. The SMILES string of the molecule is COc1ccc(S(=O)(=O)NC(C)(C)C(=O)NC23CC4CC(C2)CC(C(N)=O)(C4)C3)cc1[N+](=O)[O-]. The minimum Gasteiger partial charge on any atom is -0.490 e. The average molecular weight is 495 g/mol. The Labute approximate surface area is 198 Å². The second-order valence-electron chi connectivity index (χ2n) is 10.7. The zero-order chi connectivity index (χ0) is 25.1. The minimum absolute atomic E-state index is 0.0776. The van der Waals surface area contributed by atoms with Gasteiger partial charge in [0.05, 0.1) is 22.3 Å². The van der Waals surface area contributed by atoms with Crippen LogP contribution < -0.4 is 20.5 Å². The molecule has 4 fully saturated rings. The lowest BCUT2D eigenvalue weighted by Crippen LogP contribution is -2.68. The molecule has 2 amide bonds. The van der Waals surface area contributed by atoms with Crippen molar-refractivity contribution in [3.63, 3.8) is 0 Å². The first kappa shape index (κ1) is 24.4. The molecule has 1 aromatic rings. The molecule has 4 N–H and O–H groups in total. The number of methoxy groups -OCH3 is 1. The van der Waals surface area contributed by atoms with Crippen LogP contribution in [0.25, 0.3) is 0 Å². The highest BCUT2D eigenvalue weighted by Crippen LogP contribution is 2.61. The molecule has 2 atom stereocenters. The molecule has 4 saturated carbocycles. The second-order valence-corrected chi connectivity index (χ2v) is 12.3. The zero-order valence-electron chi connectivity index (χ0n) is 19.4. The largest absolute Gasteiger partial charge is 0.490 e. The fourth-order valence-corrected chi connectivity index (χ4v) is 7.91. The third-order valence-corrected chi connectivity index (χ3v) is 9.23. The summed E-state index contributed by atoms with van der Waals surface area (Å²) in [6, 6.07) is 3.27. The van der Waals surface area contributed by atoms with Crippen molar-refractivity contribution >= 4 is 27.5 Å². The molecule has 0 spiro atoms. The highest BCUT2D eigenvalue weighted by atomic mass is 32.2. The number of amides is 2. The molecule has 5 rings (SSSR count). The molecule has 0 aliphatic heterocycles. The van der Waals surface area contributed by atoms with E-state index in [2.05, 4.69) is 10.0 Å². The van der Waals surface area contributed by atoms with Crippen molar-refractivity contribution in [1.82, 2.24) is 10.0 Å². The number of nitrogens with one attached hydrogen (secondary N) is 2. The quantitative estimate of drug-likeness (QED) is 0.364. The molecular formula is C22H30N4O7S. The monoisotopic (exact) mass is 494 g/mol. The van der Waals surface area contributed by atoms with Crippen molar-refractivity contribution in [3.8, 4) is 5.75 Å². The normalized spacial score (nSPS) is 30.1. The Bertz CT molecular complexity index is 1150. The Morgan fingerprint density at radius 3 is 2.35 bits per heavy atom. The maximum atomic E-state index is 13.3. The van der Waals surface area contributed by atoms with Gasteiger partial charge in [0.2, 0.25) is 21.8 Å². The van der Waals surface area contributed by atoms with Crippen LogP contribution in [0.4, 0.5) is 5.69 Å². The molecule has 1 aromatic carbocycles. The third-order valence-electron chi connectivity index (χ3n) is 7.58. The van der Waals surface area contributed by atoms with Gasteiger partial charge in [-0.1, -0.05) is 0 Å². The Morgan fingerprint density at radius 2 is 1.82 bits per heavy atom. The van der Waals surface area contributed by atoms with Crippen LogP contribution in [0.5, 0.6) is 5.75 Å². The number of nitro groups is 1. The fraction of sp³-hybridized carbons (Fsp3) is 0.636. The fourth-order valence-electron chi connectivity index (χ4n) is 6.51. The Hall–Kier alpha value is -2.73. The highest BCUT2D eigenvalue weighted by molar-refractivity contribution is 7.89. The first-order valence-electron chi connectivity index (χ1n) is 11.2. The van der Waals surface area contributed by atoms with Gasteiger partial charge in [-0.3, -0.25) is 19.7 Å². The molecule has 2 unspecified atom stereocenters. The maximum absolute atomic E-state index is 13.3. The summed E-state index contributed by atoms with van der Waals surface area (Å²) in [5.74, 6) is -0.338. The summed E-state index contributed by atoms with van der Waals surface area (Å²) >= 11 is 0. The molecule has 0 saturated heterocycles. The number of primary amides is 1. The topological polar surface area (TPSA) is 171 Å². The molecule has 0 heterocycles. The van der Waals surface area contributed by atoms with Crippen LogP contribution >= 0.6 is 0 Å². The van der Waals surface area contributed by atoms with Gasteiger partial charge in [-0.15, -0.1) is 0 Å². The number of nitro benzene ring substituents is 1. The predicted octanol–water partition coefficient (Wildman–Crippen LogP) is 1.60. The lowest BCUT2D eigenvalue weighted by atomic mass is 9.46. The molecule has 4 aliphatic rings. The van der Waals surface area contributed by atoms with Crippen LogP contribution in [0.2, 0.25) is 0 Å². The van der Waals surface area contributed by atoms with E-state index in [9.17, 15) is 28.1 Å². The molecule has 12 heteroatoms. The van der Waals surface area contributed by atoms with Gasteiger partial charge in [0.25, 0.3) is 0 Å². The zero-order valence-corrected chi connectivity index (χ0v) is 20.2.